The van der Waals surface area contributed by atoms with Crippen molar-refractivity contribution in [3.05, 3.63) is 29.8 Å². The number of carbonyl (C=O) groups is 2. The zero-order valence-corrected chi connectivity index (χ0v) is 10.5. The van der Waals surface area contributed by atoms with E-state index in [1.165, 1.54) is 7.11 Å². The van der Waals surface area contributed by atoms with Gasteiger partial charge in [-0.3, -0.25) is 4.79 Å². The van der Waals surface area contributed by atoms with Gasteiger partial charge >= 0.3 is 11.9 Å². The Morgan fingerprint density at radius 1 is 1.47 bits per heavy atom. The second-order valence-electron chi connectivity index (χ2n) is 4.50. The number of hydrogen-bond donors (Lipinski definition) is 2. The van der Waals surface area contributed by atoms with Gasteiger partial charge in [-0.1, -0.05) is 6.07 Å². The summed E-state index contributed by atoms with van der Waals surface area (Å²) in [4.78, 5) is 22.5. The molecular formula is C13H15NO5. The van der Waals surface area contributed by atoms with Crippen molar-refractivity contribution in [3.63, 3.8) is 0 Å². The number of methoxy groups -OCH3 is 1. The van der Waals surface area contributed by atoms with E-state index < -0.39 is 17.4 Å². The molecule has 19 heavy (non-hydrogen) atoms. The summed E-state index contributed by atoms with van der Waals surface area (Å²) in [6.45, 7) is 0.658. The number of hydrogen-bond acceptors (Lipinski definition) is 5. The van der Waals surface area contributed by atoms with Crippen LogP contribution in [0.5, 0.6) is 0 Å². The quantitative estimate of drug-likeness (QED) is 0.772. The number of benzene rings is 1. The Bertz CT molecular complexity index is 496. The highest BCUT2D eigenvalue weighted by Gasteiger charge is 2.46. The molecular weight excluding hydrogens is 250 g/mol. The minimum absolute atomic E-state index is 0.200. The van der Waals surface area contributed by atoms with Gasteiger partial charge in [-0.15, -0.1) is 0 Å². The van der Waals surface area contributed by atoms with Crippen molar-refractivity contribution in [2.75, 3.05) is 32.2 Å². The highest BCUT2D eigenvalue weighted by Crippen LogP contribution is 2.28. The van der Waals surface area contributed by atoms with Crippen molar-refractivity contribution in [1.29, 1.82) is 0 Å². The van der Waals surface area contributed by atoms with Gasteiger partial charge in [-0.25, -0.2) is 4.79 Å². The lowest BCUT2D eigenvalue weighted by Crippen LogP contribution is -2.53. The molecule has 0 saturated carbocycles. The summed E-state index contributed by atoms with van der Waals surface area (Å²) in [6.07, 6.45) is 0. The molecule has 0 atom stereocenters. The van der Waals surface area contributed by atoms with Crippen molar-refractivity contribution in [1.82, 2.24) is 0 Å². The lowest BCUT2D eigenvalue weighted by Gasteiger charge is -2.37. The van der Waals surface area contributed by atoms with E-state index in [4.69, 9.17) is 9.84 Å². The summed E-state index contributed by atoms with van der Waals surface area (Å²) in [7, 11) is 1.31. The molecule has 6 heteroatoms. The maximum absolute atomic E-state index is 11.4. The van der Waals surface area contributed by atoms with Crippen LogP contribution in [0.15, 0.2) is 24.3 Å². The molecule has 0 aliphatic carbocycles. The minimum atomic E-state index is -0.879. The second-order valence-corrected chi connectivity index (χ2v) is 4.50. The van der Waals surface area contributed by atoms with Gasteiger partial charge in [-0.05, 0) is 18.2 Å². The fraction of sp³-hybridized carbons (Fsp3) is 0.385. The average Bonchev–Trinajstić information content (AvgIpc) is 2.36. The molecule has 0 amide bonds. The first kappa shape index (κ1) is 13.4. The molecule has 0 aromatic heterocycles. The fourth-order valence-electron chi connectivity index (χ4n) is 1.79. The number of carbonyl (C=O) groups excluding carboxylic acids is 1. The van der Waals surface area contributed by atoms with Crippen molar-refractivity contribution in [2.24, 2.45) is 5.41 Å². The number of carboxylic acids is 1. The van der Waals surface area contributed by atoms with Crippen LogP contribution in [-0.2, 0) is 14.3 Å². The van der Waals surface area contributed by atoms with E-state index in [1.54, 1.807) is 24.3 Å². The van der Waals surface area contributed by atoms with Crippen LogP contribution in [0.3, 0.4) is 0 Å². The van der Waals surface area contributed by atoms with Crippen LogP contribution in [-0.4, -0.2) is 43.9 Å². The normalized spacial score (nSPS) is 16.3. The van der Waals surface area contributed by atoms with Crippen LogP contribution in [0, 0.1) is 5.41 Å². The van der Waals surface area contributed by atoms with Crippen LogP contribution in [0.2, 0.25) is 0 Å². The highest BCUT2D eigenvalue weighted by atomic mass is 16.5. The van der Waals surface area contributed by atoms with Crippen LogP contribution in [0.25, 0.3) is 0 Å². The first-order chi connectivity index (χ1) is 9.07. The number of anilines is 1. The molecule has 0 radical (unpaired) electrons. The second kappa shape index (κ2) is 5.27. The molecule has 1 heterocycles. The highest BCUT2D eigenvalue weighted by molar-refractivity contribution is 5.90. The molecule has 1 aromatic carbocycles. The summed E-state index contributed by atoms with van der Waals surface area (Å²) in [6, 6.07) is 6.73. The number of nitrogens with one attached hydrogen (secondary N) is 1. The van der Waals surface area contributed by atoms with E-state index >= 15 is 0 Å². The largest absolute Gasteiger partial charge is 0.481 e. The van der Waals surface area contributed by atoms with E-state index in [-0.39, 0.29) is 19.8 Å². The SMILES string of the molecule is COC(=O)c1cccc(NCC2(C(=O)O)COC2)c1. The maximum atomic E-state index is 11.4. The van der Waals surface area contributed by atoms with E-state index in [0.29, 0.717) is 11.3 Å². The summed E-state index contributed by atoms with van der Waals surface area (Å²) in [5.41, 5.74) is 0.221. The van der Waals surface area contributed by atoms with E-state index in [0.717, 1.165) is 0 Å². The van der Waals surface area contributed by atoms with Crippen LogP contribution >= 0.6 is 0 Å². The van der Waals surface area contributed by atoms with Crippen molar-refractivity contribution >= 4 is 17.6 Å². The monoisotopic (exact) mass is 265 g/mol. The number of aliphatic carboxylic acids is 1. The Morgan fingerprint density at radius 2 is 2.21 bits per heavy atom. The van der Waals surface area contributed by atoms with E-state index in [9.17, 15) is 9.59 Å². The first-order valence-electron chi connectivity index (χ1n) is 5.81. The zero-order valence-electron chi connectivity index (χ0n) is 10.5. The number of ether oxygens (including phenoxy) is 2. The summed E-state index contributed by atoms with van der Waals surface area (Å²) < 4.78 is 9.60. The number of rotatable bonds is 5. The third-order valence-corrected chi connectivity index (χ3v) is 3.12. The Kier molecular flexibility index (Phi) is 3.71. The molecule has 2 rings (SSSR count). The predicted molar refractivity (Wildman–Crippen MR) is 67.2 cm³/mol. The molecule has 1 aromatic rings. The Balaban J connectivity index is 2.03. The third-order valence-electron chi connectivity index (χ3n) is 3.12. The molecule has 2 N–H and O–H groups in total. The Hall–Kier alpha value is -2.08. The minimum Gasteiger partial charge on any atom is -0.481 e. The van der Waals surface area contributed by atoms with Crippen LogP contribution in [0.4, 0.5) is 5.69 Å². The van der Waals surface area contributed by atoms with Crippen molar-refractivity contribution < 1.29 is 24.2 Å². The van der Waals surface area contributed by atoms with Gasteiger partial charge in [0.25, 0.3) is 0 Å². The molecule has 0 bridgehead atoms. The smallest absolute Gasteiger partial charge is 0.337 e. The molecule has 1 aliphatic heterocycles. The van der Waals surface area contributed by atoms with Gasteiger partial charge in [0.1, 0.15) is 5.41 Å². The number of esters is 1. The van der Waals surface area contributed by atoms with Gasteiger partial charge in [0.05, 0.1) is 25.9 Å². The topological polar surface area (TPSA) is 84.9 Å². The molecule has 102 valence electrons. The molecule has 0 unspecified atom stereocenters. The number of carboxylic acid groups (broad SMARTS) is 1. The lowest BCUT2D eigenvalue weighted by atomic mass is 9.86. The van der Waals surface area contributed by atoms with Crippen LogP contribution < -0.4 is 5.32 Å². The Labute approximate surface area is 110 Å². The van der Waals surface area contributed by atoms with E-state index in [1.807, 2.05) is 0 Å². The van der Waals surface area contributed by atoms with Gasteiger partial charge in [-0.2, -0.15) is 0 Å². The van der Waals surface area contributed by atoms with Crippen LogP contribution in [0.1, 0.15) is 10.4 Å². The summed E-state index contributed by atoms with van der Waals surface area (Å²) in [5, 5.41) is 12.2. The average molecular weight is 265 g/mol. The standard InChI is InChI=1S/C13H15NO5/c1-18-11(15)9-3-2-4-10(5-9)14-6-13(12(16)17)7-19-8-13/h2-5,14H,6-8H2,1H3,(H,16,17). The Morgan fingerprint density at radius 3 is 2.74 bits per heavy atom. The zero-order chi connectivity index (χ0) is 13.9. The van der Waals surface area contributed by atoms with Gasteiger partial charge < -0.3 is 19.9 Å². The van der Waals surface area contributed by atoms with Gasteiger partial charge in [0.2, 0.25) is 0 Å². The molecule has 1 fully saturated rings. The first-order valence-corrected chi connectivity index (χ1v) is 5.81. The van der Waals surface area contributed by atoms with Crippen molar-refractivity contribution in [2.45, 2.75) is 0 Å². The molecule has 1 saturated heterocycles. The maximum Gasteiger partial charge on any atom is 0.337 e. The summed E-state index contributed by atoms with van der Waals surface area (Å²) in [5.74, 6) is -1.31. The molecule has 0 spiro atoms. The third kappa shape index (κ3) is 2.68. The van der Waals surface area contributed by atoms with Crippen molar-refractivity contribution in [3.8, 4) is 0 Å². The molecule has 6 nitrogen and oxygen atoms in total. The van der Waals surface area contributed by atoms with Gasteiger partial charge in [0, 0.05) is 12.2 Å². The van der Waals surface area contributed by atoms with Gasteiger partial charge in [0.15, 0.2) is 0 Å². The molecule has 1 aliphatic rings. The lowest BCUT2D eigenvalue weighted by molar-refractivity contribution is -0.176. The predicted octanol–water partition coefficient (Wildman–Crippen LogP) is 0.986. The van der Waals surface area contributed by atoms with E-state index in [2.05, 4.69) is 10.1 Å². The summed E-state index contributed by atoms with van der Waals surface area (Å²) >= 11 is 0. The fourth-order valence-corrected chi connectivity index (χ4v) is 1.79.